The van der Waals surface area contributed by atoms with Crippen LogP contribution in [-0.2, 0) is 4.79 Å². The summed E-state index contributed by atoms with van der Waals surface area (Å²) in [4.78, 5) is 12.4. The van der Waals surface area contributed by atoms with Crippen LogP contribution in [0.2, 0.25) is 0 Å². The minimum absolute atomic E-state index is 0.226. The predicted molar refractivity (Wildman–Crippen MR) is 110 cm³/mol. The van der Waals surface area contributed by atoms with E-state index in [1.54, 1.807) is 6.08 Å². The van der Waals surface area contributed by atoms with E-state index < -0.39 is 18.2 Å². The Morgan fingerprint density at radius 3 is 2.44 bits per heavy atom. The lowest BCUT2D eigenvalue weighted by Gasteiger charge is -2.32. The molecule has 0 saturated heterocycles. The second-order valence-corrected chi connectivity index (χ2v) is 8.29. The van der Waals surface area contributed by atoms with E-state index in [2.05, 4.69) is 5.32 Å². The molecule has 1 amide bonds. The standard InChI is InChI=1S/C23H35NO3/c1-17(2)15-21(25)23(27)20(16-19-11-7-4-8-12-19)24-22(26)14-13-18-9-5-3-6-10-18/h3,5-6,9-10,13-14,17,19-21,23,25,27H,4,7-8,11-12,15-16H2,1-2H3,(H,24,26)/b14-13+/t20-,21-,23+/m0/s1. The van der Waals surface area contributed by atoms with Crippen LogP contribution in [0.3, 0.4) is 0 Å². The molecule has 4 heteroatoms. The summed E-state index contributed by atoms with van der Waals surface area (Å²) >= 11 is 0. The van der Waals surface area contributed by atoms with E-state index in [9.17, 15) is 15.0 Å². The topological polar surface area (TPSA) is 69.6 Å². The van der Waals surface area contributed by atoms with Crippen LogP contribution >= 0.6 is 0 Å². The van der Waals surface area contributed by atoms with Crippen molar-refractivity contribution in [3.63, 3.8) is 0 Å². The highest BCUT2D eigenvalue weighted by atomic mass is 16.3. The molecule has 0 aromatic heterocycles. The lowest BCUT2D eigenvalue weighted by atomic mass is 9.82. The molecule has 150 valence electrons. The number of benzene rings is 1. The van der Waals surface area contributed by atoms with Crippen molar-refractivity contribution in [2.24, 2.45) is 11.8 Å². The lowest BCUT2D eigenvalue weighted by Crippen LogP contribution is -2.49. The Bertz CT molecular complexity index is 579. The van der Waals surface area contributed by atoms with Gasteiger partial charge in [0.25, 0.3) is 0 Å². The third kappa shape index (κ3) is 7.86. The zero-order valence-corrected chi connectivity index (χ0v) is 16.7. The molecule has 0 bridgehead atoms. The Morgan fingerprint density at radius 1 is 1.15 bits per heavy atom. The molecule has 0 unspecified atom stereocenters. The number of amides is 1. The van der Waals surface area contributed by atoms with Gasteiger partial charge in [-0.05, 0) is 36.3 Å². The summed E-state index contributed by atoms with van der Waals surface area (Å²) in [7, 11) is 0. The monoisotopic (exact) mass is 373 g/mol. The molecule has 3 N–H and O–H groups in total. The summed E-state index contributed by atoms with van der Waals surface area (Å²) in [5.74, 6) is 0.567. The minimum atomic E-state index is -0.941. The first-order valence-corrected chi connectivity index (χ1v) is 10.4. The molecule has 1 fully saturated rings. The van der Waals surface area contributed by atoms with Gasteiger partial charge in [0.15, 0.2) is 0 Å². The summed E-state index contributed by atoms with van der Waals surface area (Å²) in [6, 6.07) is 9.24. The van der Waals surface area contributed by atoms with E-state index in [0.717, 1.165) is 24.8 Å². The Labute approximate surface area is 163 Å². The number of aliphatic hydroxyl groups is 2. The molecule has 2 rings (SSSR count). The number of aliphatic hydroxyl groups excluding tert-OH is 2. The van der Waals surface area contributed by atoms with Crippen molar-refractivity contribution in [2.45, 2.75) is 77.0 Å². The fourth-order valence-electron chi connectivity index (χ4n) is 3.92. The molecule has 1 aromatic carbocycles. The first kappa shape index (κ1) is 21.6. The second-order valence-electron chi connectivity index (χ2n) is 8.29. The Kier molecular flexibility index (Phi) is 9.02. The van der Waals surface area contributed by atoms with Crippen molar-refractivity contribution in [1.29, 1.82) is 0 Å². The normalized spacial score (nSPS) is 19.1. The highest BCUT2D eigenvalue weighted by Gasteiger charge is 2.30. The van der Waals surface area contributed by atoms with E-state index >= 15 is 0 Å². The lowest BCUT2D eigenvalue weighted by molar-refractivity contribution is -0.119. The molecule has 0 radical (unpaired) electrons. The number of rotatable bonds is 9. The fourth-order valence-corrected chi connectivity index (χ4v) is 3.92. The maximum atomic E-state index is 12.4. The molecule has 1 saturated carbocycles. The van der Waals surface area contributed by atoms with Gasteiger partial charge in [-0.3, -0.25) is 4.79 Å². The number of nitrogens with one attached hydrogen (secondary N) is 1. The van der Waals surface area contributed by atoms with Crippen molar-refractivity contribution >= 4 is 12.0 Å². The van der Waals surface area contributed by atoms with Gasteiger partial charge in [0, 0.05) is 6.08 Å². The quantitative estimate of drug-likeness (QED) is 0.575. The Hall–Kier alpha value is -1.65. The molecule has 1 aliphatic rings. The van der Waals surface area contributed by atoms with Gasteiger partial charge in [-0.25, -0.2) is 0 Å². The highest BCUT2D eigenvalue weighted by Crippen LogP contribution is 2.28. The molecule has 4 nitrogen and oxygen atoms in total. The Balaban J connectivity index is 2.00. The summed E-state index contributed by atoms with van der Waals surface area (Å²) in [6.45, 7) is 4.04. The maximum absolute atomic E-state index is 12.4. The van der Waals surface area contributed by atoms with E-state index in [4.69, 9.17) is 0 Å². The van der Waals surface area contributed by atoms with Crippen molar-refractivity contribution in [3.8, 4) is 0 Å². The zero-order valence-electron chi connectivity index (χ0n) is 16.7. The van der Waals surface area contributed by atoms with E-state index in [1.165, 1.54) is 25.3 Å². The smallest absolute Gasteiger partial charge is 0.244 e. The van der Waals surface area contributed by atoms with Gasteiger partial charge in [-0.15, -0.1) is 0 Å². The number of hydrogen-bond acceptors (Lipinski definition) is 3. The maximum Gasteiger partial charge on any atom is 0.244 e. The zero-order chi connectivity index (χ0) is 19.6. The first-order chi connectivity index (χ1) is 13.0. The van der Waals surface area contributed by atoms with Crippen LogP contribution in [0.15, 0.2) is 36.4 Å². The molecule has 1 aliphatic carbocycles. The van der Waals surface area contributed by atoms with E-state index in [0.29, 0.717) is 18.3 Å². The van der Waals surface area contributed by atoms with Crippen molar-refractivity contribution in [2.75, 3.05) is 0 Å². The Morgan fingerprint density at radius 2 is 1.81 bits per heavy atom. The average molecular weight is 374 g/mol. The number of hydrogen-bond donors (Lipinski definition) is 3. The van der Waals surface area contributed by atoms with Crippen molar-refractivity contribution < 1.29 is 15.0 Å². The summed E-state index contributed by atoms with van der Waals surface area (Å²) < 4.78 is 0. The van der Waals surface area contributed by atoms with Gasteiger partial charge in [0.1, 0.15) is 6.10 Å². The first-order valence-electron chi connectivity index (χ1n) is 10.4. The van der Waals surface area contributed by atoms with Crippen LogP contribution in [0.4, 0.5) is 0 Å². The van der Waals surface area contributed by atoms with Gasteiger partial charge >= 0.3 is 0 Å². The second kappa shape index (κ2) is 11.3. The molecule has 0 spiro atoms. The summed E-state index contributed by atoms with van der Waals surface area (Å²) in [6.07, 6.45) is 8.73. The van der Waals surface area contributed by atoms with E-state index in [-0.39, 0.29) is 5.91 Å². The molecule has 0 aliphatic heterocycles. The average Bonchev–Trinajstić information content (AvgIpc) is 2.66. The van der Waals surface area contributed by atoms with Crippen molar-refractivity contribution in [3.05, 3.63) is 42.0 Å². The highest BCUT2D eigenvalue weighted by molar-refractivity contribution is 5.91. The number of carbonyl (C=O) groups is 1. The van der Waals surface area contributed by atoms with Gasteiger partial charge < -0.3 is 15.5 Å². The third-order valence-corrected chi connectivity index (χ3v) is 5.39. The summed E-state index contributed by atoms with van der Waals surface area (Å²) in [5, 5.41) is 24.0. The van der Waals surface area contributed by atoms with Crippen LogP contribution in [0, 0.1) is 11.8 Å². The largest absolute Gasteiger partial charge is 0.390 e. The third-order valence-electron chi connectivity index (χ3n) is 5.39. The van der Waals surface area contributed by atoms with Gasteiger partial charge in [0.2, 0.25) is 5.91 Å². The van der Waals surface area contributed by atoms with Crippen molar-refractivity contribution in [1.82, 2.24) is 5.32 Å². The molecular formula is C23H35NO3. The van der Waals surface area contributed by atoms with Gasteiger partial charge in [-0.1, -0.05) is 76.3 Å². The van der Waals surface area contributed by atoms with Crippen LogP contribution in [0.1, 0.15) is 64.4 Å². The van der Waals surface area contributed by atoms with E-state index in [1.807, 2.05) is 44.2 Å². The van der Waals surface area contributed by atoms with Gasteiger partial charge in [-0.2, -0.15) is 0 Å². The molecule has 3 atom stereocenters. The molecule has 0 heterocycles. The molecular weight excluding hydrogens is 338 g/mol. The van der Waals surface area contributed by atoms with Crippen LogP contribution in [-0.4, -0.2) is 34.4 Å². The van der Waals surface area contributed by atoms with Crippen LogP contribution in [0.25, 0.3) is 6.08 Å². The van der Waals surface area contributed by atoms with Crippen LogP contribution in [0.5, 0.6) is 0 Å². The van der Waals surface area contributed by atoms with Gasteiger partial charge in [0.05, 0.1) is 12.1 Å². The molecule has 27 heavy (non-hydrogen) atoms. The minimum Gasteiger partial charge on any atom is -0.390 e. The SMILES string of the molecule is CC(C)C[C@H](O)[C@H](O)[C@H](CC1CCCCC1)NC(=O)/C=C/c1ccccc1. The molecule has 1 aromatic rings. The fraction of sp³-hybridized carbons (Fsp3) is 0.609. The number of carbonyl (C=O) groups excluding carboxylic acids is 1. The predicted octanol–water partition coefficient (Wildman–Crippen LogP) is 3.92. The van der Waals surface area contributed by atoms with Crippen LogP contribution < -0.4 is 5.32 Å². The summed E-state index contributed by atoms with van der Waals surface area (Å²) in [5.41, 5.74) is 0.955.